The number of carbonyl (C=O) groups is 4. The number of para-hydroxylation sites is 1. The number of hydrogen-bond acceptors (Lipinski definition) is 5. The topological polar surface area (TPSA) is 166 Å². The summed E-state index contributed by atoms with van der Waals surface area (Å²) in [4.78, 5) is 54.5. The minimum absolute atomic E-state index is 0.0683. The Balaban J connectivity index is 1.59. The largest absolute Gasteiger partial charge is 0.480 e. The highest BCUT2D eigenvalue weighted by Gasteiger charge is 2.30. The molecule has 3 unspecified atom stereocenters. The van der Waals surface area contributed by atoms with Gasteiger partial charge in [0.2, 0.25) is 17.7 Å². The molecule has 0 aliphatic carbocycles. The van der Waals surface area contributed by atoms with Crippen molar-refractivity contribution < 1.29 is 24.3 Å². The van der Waals surface area contributed by atoms with Crippen LogP contribution in [0.1, 0.15) is 16.7 Å². The molecular formula is C31H33N5O5. The zero-order chi connectivity index (χ0) is 29.2. The predicted molar refractivity (Wildman–Crippen MR) is 155 cm³/mol. The number of aromatic nitrogens is 1. The number of carboxylic acid groups (broad SMARTS) is 1. The van der Waals surface area contributed by atoms with Gasteiger partial charge in [-0.15, -0.1) is 0 Å². The van der Waals surface area contributed by atoms with Crippen molar-refractivity contribution in [1.82, 2.24) is 20.9 Å². The molecule has 0 saturated carbocycles. The van der Waals surface area contributed by atoms with E-state index in [4.69, 9.17) is 5.73 Å². The van der Waals surface area contributed by atoms with Crippen LogP contribution in [0, 0.1) is 0 Å². The summed E-state index contributed by atoms with van der Waals surface area (Å²) in [7, 11) is 0. The molecule has 1 aromatic heterocycles. The number of H-pyrrole nitrogens is 1. The summed E-state index contributed by atoms with van der Waals surface area (Å²) in [5, 5.41) is 18.7. The van der Waals surface area contributed by atoms with E-state index < -0.39 is 41.8 Å². The number of carboxylic acids is 1. The van der Waals surface area contributed by atoms with E-state index in [9.17, 15) is 24.3 Å². The van der Waals surface area contributed by atoms with Crippen LogP contribution >= 0.6 is 0 Å². The van der Waals surface area contributed by atoms with Crippen LogP contribution in [-0.4, -0.2) is 58.5 Å². The monoisotopic (exact) mass is 555 g/mol. The van der Waals surface area contributed by atoms with Gasteiger partial charge in [-0.25, -0.2) is 4.79 Å². The third-order valence-electron chi connectivity index (χ3n) is 6.75. The predicted octanol–water partition coefficient (Wildman–Crippen LogP) is 1.69. The highest BCUT2D eigenvalue weighted by atomic mass is 16.4. The van der Waals surface area contributed by atoms with Crippen molar-refractivity contribution in [2.45, 2.75) is 37.4 Å². The Morgan fingerprint density at radius 3 is 1.78 bits per heavy atom. The van der Waals surface area contributed by atoms with E-state index in [1.165, 1.54) is 0 Å². The van der Waals surface area contributed by atoms with E-state index >= 15 is 0 Å². The van der Waals surface area contributed by atoms with Gasteiger partial charge in [0, 0.05) is 36.4 Å². The minimum Gasteiger partial charge on any atom is -0.480 e. The molecule has 212 valence electrons. The molecule has 3 atom stereocenters. The molecule has 1 heterocycles. The molecule has 7 N–H and O–H groups in total. The van der Waals surface area contributed by atoms with Crippen molar-refractivity contribution in [1.29, 1.82) is 0 Å². The first-order chi connectivity index (χ1) is 19.8. The number of amides is 3. The van der Waals surface area contributed by atoms with Crippen LogP contribution in [0.3, 0.4) is 0 Å². The second kappa shape index (κ2) is 13.9. The first-order valence-corrected chi connectivity index (χ1v) is 13.3. The Labute approximate surface area is 237 Å². The fraction of sp³-hybridized carbons (Fsp3) is 0.226. The third-order valence-corrected chi connectivity index (χ3v) is 6.75. The van der Waals surface area contributed by atoms with Gasteiger partial charge < -0.3 is 31.8 Å². The van der Waals surface area contributed by atoms with Gasteiger partial charge in [-0.3, -0.25) is 14.4 Å². The molecule has 0 radical (unpaired) electrons. The van der Waals surface area contributed by atoms with Crippen LogP contribution < -0.4 is 21.7 Å². The van der Waals surface area contributed by atoms with E-state index in [2.05, 4.69) is 20.9 Å². The van der Waals surface area contributed by atoms with Gasteiger partial charge in [-0.1, -0.05) is 78.9 Å². The lowest BCUT2D eigenvalue weighted by Gasteiger charge is -2.25. The highest BCUT2D eigenvalue weighted by molar-refractivity contribution is 5.94. The number of aliphatic carboxylic acids is 1. The summed E-state index contributed by atoms with van der Waals surface area (Å²) in [6, 6.07) is 22.3. The fourth-order valence-electron chi connectivity index (χ4n) is 4.64. The Bertz CT molecular complexity index is 1490. The molecular weight excluding hydrogens is 522 g/mol. The smallest absolute Gasteiger partial charge is 0.326 e. The molecule has 0 aliphatic rings. The first kappa shape index (κ1) is 29.0. The molecule has 0 bridgehead atoms. The van der Waals surface area contributed by atoms with E-state index in [-0.39, 0.29) is 25.8 Å². The molecule has 4 rings (SSSR count). The SMILES string of the molecule is NCC(=O)NC(Cc1ccccc1)C(=O)NC(Cc1c[nH]c2ccccc12)C(=O)NC(Cc1ccccc1)C(=O)O. The number of carbonyl (C=O) groups excluding carboxylic acids is 3. The zero-order valence-electron chi connectivity index (χ0n) is 22.4. The van der Waals surface area contributed by atoms with Crippen LogP contribution in [0.15, 0.2) is 91.1 Å². The summed E-state index contributed by atoms with van der Waals surface area (Å²) >= 11 is 0. The number of nitrogens with two attached hydrogens (primary N) is 1. The van der Waals surface area contributed by atoms with E-state index in [1.54, 1.807) is 30.5 Å². The fourth-order valence-corrected chi connectivity index (χ4v) is 4.64. The number of benzene rings is 3. The van der Waals surface area contributed by atoms with Crippen LogP contribution in [0.2, 0.25) is 0 Å². The van der Waals surface area contributed by atoms with Gasteiger partial charge in [-0.05, 0) is 22.8 Å². The van der Waals surface area contributed by atoms with Crippen molar-refractivity contribution in [3.05, 3.63) is 108 Å². The average molecular weight is 556 g/mol. The molecule has 41 heavy (non-hydrogen) atoms. The summed E-state index contributed by atoms with van der Waals surface area (Å²) in [6.45, 7) is -0.308. The van der Waals surface area contributed by atoms with Gasteiger partial charge >= 0.3 is 5.97 Å². The summed E-state index contributed by atoms with van der Waals surface area (Å²) in [5.41, 5.74) is 8.65. The van der Waals surface area contributed by atoms with Crippen molar-refractivity contribution in [3.63, 3.8) is 0 Å². The van der Waals surface area contributed by atoms with Crippen LogP contribution in [0.25, 0.3) is 10.9 Å². The van der Waals surface area contributed by atoms with Crippen molar-refractivity contribution in [3.8, 4) is 0 Å². The lowest BCUT2D eigenvalue weighted by molar-refractivity contribution is -0.142. The van der Waals surface area contributed by atoms with Crippen LogP contribution in [0.4, 0.5) is 0 Å². The third kappa shape index (κ3) is 8.02. The average Bonchev–Trinajstić information content (AvgIpc) is 3.39. The maximum Gasteiger partial charge on any atom is 0.326 e. The molecule has 3 amide bonds. The number of fused-ring (bicyclic) bond motifs is 1. The van der Waals surface area contributed by atoms with Crippen molar-refractivity contribution >= 4 is 34.6 Å². The second-order valence-electron chi connectivity index (χ2n) is 9.73. The van der Waals surface area contributed by atoms with Crippen molar-refractivity contribution in [2.75, 3.05) is 6.54 Å². The van der Waals surface area contributed by atoms with E-state index in [0.717, 1.165) is 27.6 Å². The molecule has 10 nitrogen and oxygen atoms in total. The summed E-state index contributed by atoms with van der Waals surface area (Å²) in [5.74, 6) is -2.97. The minimum atomic E-state index is -1.22. The molecule has 0 fully saturated rings. The number of aromatic amines is 1. The highest BCUT2D eigenvalue weighted by Crippen LogP contribution is 2.19. The molecule has 0 spiro atoms. The van der Waals surface area contributed by atoms with Gasteiger partial charge in [0.15, 0.2) is 0 Å². The quantitative estimate of drug-likeness (QED) is 0.147. The lowest BCUT2D eigenvalue weighted by atomic mass is 10.0. The van der Waals surface area contributed by atoms with E-state index in [1.807, 2.05) is 60.7 Å². The summed E-state index contributed by atoms with van der Waals surface area (Å²) < 4.78 is 0. The zero-order valence-corrected chi connectivity index (χ0v) is 22.4. The van der Waals surface area contributed by atoms with Gasteiger partial charge in [-0.2, -0.15) is 0 Å². The number of nitrogens with one attached hydrogen (secondary N) is 4. The Morgan fingerprint density at radius 2 is 1.20 bits per heavy atom. The lowest BCUT2D eigenvalue weighted by Crippen LogP contribution is -2.57. The summed E-state index contributed by atoms with van der Waals surface area (Å²) in [6.07, 6.45) is 2.08. The standard InChI is InChI=1S/C31H33N5O5/c32-18-28(37)34-25(15-20-9-3-1-4-10-20)29(38)35-26(17-22-19-33-24-14-8-7-13-23(22)24)30(39)36-27(31(40)41)16-21-11-5-2-6-12-21/h1-14,19,25-27,33H,15-18,32H2,(H,34,37)(H,35,38)(H,36,39)(H,40,41). The van der Waals surface area contributed by atoms with Crippen molar-refractivity contribution in [2.24, 2.45) is 5.73 Å². The molecule has 3 aromatic carbocycles. The first-order valence-electron chi connectivity index (χ1n) is 13.3. The Kier molecular flexibility index (Phi) is 9.85. The molecule has 0 saturated heterocycles. The number of hydrogen-bond donors (Lipinski definition) is 6. The Hall–Kier alpha value is -4.96. The van der Waals surface area contributed by atoms with Crippen LogP contribution in [-0.2, 0) is 38.4 Å². The number of rotatable bonds is 13. The van der Waals surface area contributed by atoms with E-state index in [0.29, 0.717) is 0 Å². The maximum atomic E-state index is 13.6. The molecule has 4 aromatic rings. The maximum absolute atomic E-state index is 13.6. The van der Waals surface area contributed by atoms with Gasteiger partial charge in [0.25, 0.3) is 0 Å². The second-order valence-corrected chi connectivity index (χ2v) is 9.73. The van der Waals surface area contributed by atoms with Crippen LogP contribution in [0.5, 0.6) is 0 Å². The normalized spacial score (nSPS) is 13.1. The Morgan fingerprint density at radius 1 is 0.683 bits per heavy atom. The van der Waals surface area contributed by atoms with Gasteiger partial charge in [0.05, 0.1) is 6.54 Å². The molecule has 10 heteroatoms. The molecule has 0 aliphatic heterocycles. The van der Waals surface area contributed by atoms with Gasteiger partial charge in [0.1, 0.15) is 18.1 Å².